The van der Waals surface area contributed by atoms with E-state index in [1.54, 1.807) is 0 Å². The van der Waals surface area contributed by atoms with E-state index in [4.69, 9.17) is 0 Å². The van der Waals surface area contributed by atoms with Crippen molar-refractivity contribution in [1.29, 1.82) is 0 Å². The Bertz CT molecular complexity index is 567. The number of fused-ring (bicyclic) bond motifs is 1. The van der Waals surface area contributed by atoms with Crippen LogP contribution in [0.3, 0.4) is 0 Å². The SMILES string of the molecule is OCCC1Cc2ccccc2N1c1ccc(Br)cc1. The molecule has 98 valence electrons. The highest BCUT2D eigenvalue weighted by molar-refractivity contribution is 9.10. The van der Waals surface area contributed by atoms with E-state index in [1.807, 2.05) is 0 Å². The lowest BCUT2D eigenvalue weighted by Gasteiger charge is -2.27. The number of benzene rings is 2. The first-order chi connectivity index (χ1) is 9.29. The molecule has 2 aromatic carbocycles. The van der Waals surface area contributed by atoms with Crippen LogP contribution in [0, 0.1) is 0 Å². The number of anilines is 2. The van der Waals surface area contributed by atoms with Crippen molar-refractivity contribution in [2.45, 2.75) is 18.9 Å². The van der Waals surface area contributed by atoms with Gasteiger partial charge >= 0.3 is 0 Å². The summed E-state index contributed by atoms with van der Waals surface area (Å²) in [4.78, 5) is 2.35. The molecule has 1 aliphatic rings. The van der Waals surface area contributed by atoms with Crippen molar-refractivity contribution >= 4 is 27.3 Å². The summed E-state index contributed by atoms with van der Waals surface area (Å²) in [5, 5.41) is 9.28. The van der Waals surface area contributed by atoms with Crippen LogP contribution in [0.2, 0.25) is 0 Å². The van der Waals surface area contributed by atoms with E-state index in [9.17, 15) is 5.11 Å². The first-order valence-electron chi connectivity index (χ1n) is 6.53. The van der Waals surface area contributed by atoms with Crippen molar-refractivity contribution < 1.29 is 5.11 Å². The van der Waals surface area contributed by atoms with E-state index in [1.165, 1.54) is 16.9 Å². The Labute approximate surface area is 121 Å². The van der Waals surface area contributed by atoms with Gasteiger partial charge in [-0.2, -0.15) is 0 Å². The number of aliphatic hydroxyl groups is 1. The van der Waals surface area contributed by atoms with Crippen LogP contribution >= 0.6 is 15.9 Å². The summed E-state index contributed by atoms with van der Waals surface area (Å²) in [6, 6.07) is 17.2. The highest BCUT2D eigenvalue weighted by atomic mass is 79.9. The molecule has 2 aromatic rings. The Morgan fingerprint density at radius 2 is 1.84 bits per heavy atom. The lowest BCUT2D eigenvalue weighted by Crippen LogP contribution is -2.28. The van der Waals surface area contributed by atoms with Gasteiger partial charge in [0.1, 0.15) is 0 Å². The molecule has 0 saturated heterocycles. The molecule has 3 rings (SSSR count). The van der Waals surface area contributed by atoms with E-state index >= 15 is 0 Å². The Hall–Kier alpha value is -1.32. The second-order valence-corrected chi connectivity index (χ2v) is 5.76. The number of hydrogen-bond donors (Lipinski definition) is 1. The second-order valence-electron chi connectivity index (χ2n) is 4.85. The smallest absolute Gasteiger partial charge is 0.0450 e. The summed E-state index contributed by atoms with van der Waals surface area (Å²) in [7, 11) is 0. The van der Waals surface area contributed by atoms with Gasteiger partial charge in [-0.3, -0.25) is 0 Å². The molecule has 1 N–H and O–H groups in total. The maximum absolute atomic E-state index is 9.28. The van der Waals surface area contributed by atoms with Crippen molar-refractivity contribution in [3.8, 4) is 0 Å². The van der Waals surface area contributed by atoms with Crippen LogP contribution in [0.15, 0.2) is 53.0 Å². The Kier molecular flexibility index (Phi) is 3.58. The van der Waals surface area contributed by atoms with Gasteiger partial charge in [-0.15, -0.1) is 0 Å². The maximum Gasteiger partial charge on any atom is 0.0450 e. The monoisotopic (exact) mass is 317 g/mol. The first-order valence-corrected chi connectivity index (χ1v) is 7.32. The highest BCUT2D eigenvalue weighted by Crippen LogP contribution is 2.39. The quantitative estimate of drug-likeness (QED) is 0.928. The molecule has 0 aliphatic carbocycles. The summed E-state index contributed by atoms with van der Waals surface area (Å²) >= 11 is 3.47. The van der Waals surface area contributed by atoms with Gasteiger partial charge in [0.15, 0.2) is 0 Å². The summed E-state index contributed by atoms with van der Waals surface area (Å²) in [5.41, 5.74) is 3.82. The van der Waals surface area contributed by atoms with E-state index < -0.39 is 0 Å². The zero-order valence-corrected chi connectivity index (χ0v) is 12.2. The van der Waals surface area contributed by atoms with E-state index in [2.05, 4.69) is 69.4 Å². The predicted octanol–water partition coefficient (Wildman–Crippen LogP) is 3.89. The Balaban J connectivity index is 2.02. The third-order valence-corrected chi connectivity index (χ3v) is 4.17. The van der Waals surface area contributed by atoms with E-state index in [-0.39, 0.29) is 6.61 Å². The van der Waals surface area contributed by atoms with Gasteiger partial charge in [-0.1, -0.05) is 34.1 Å². The molecule has 3 heteroatoms. The summed E-state index contributed by atoms with van der Waals surface area (Å²) in [5.74, 6) is 0. The van der Waals surface area contributed by atoms with Crippen molar-refractivity contribution in [2.24, 2.45) is 0 Å². The topological polar surface area (TPSA) is 23.5 Å². The molecule has 0 aromatic heterocycles. The van der Waals surface area contributed by atoms with Gasteiger partial charge in [0, 0.05) is 28.5 Å². The summed E-state index contributed by atoms with van der Waals surface area (Å²) in [6.45, 7) is 0.228. The lowest BCUT2D eigenvalue weighted by molar-refractivity contribution is 0.277. The molecule has 1 unspecified atom stereocenters. The van der Waals surface area contributed by atoms with Gasteiger partial charge in [-0.05, 0) is 48.7 Å². The summed E-state index contributed by atoms with van der Waals surface area (Å²) < 4.78 is 1.09. The minimum Gasteiger partial charge on any atom is -0.396 e. The molecule has 1 heterocycles. The van der Waals surface area contributed by atoms with Crippen LogP contribution in [-0.2, 0) is 6.42 Å². The van der Waals surface area contributed by atoms with Crippen molar-refractivity contribution in [3.05, 3.63) is 58.6 Å². The zero-order chi connectivity index (χ0) is 13.2. The van der Waals surface area contributed by atoms with E-state index in [0.29, 0.717) is 6.04 Å². The van der Waals surface area contributed by atoms with Crippen LogP contribution in [0.1, 0.15) is 12.0 Å². The molecule has 1 atom stereocenters. The van der Waals surface area contributed by atoms with Crippen molar-refractivity contribution in [3.63, 3.8) is 0 Å². The molecule has 0 spiro atoms. The third-order valence-electron chi connectivity index (χ3n) is 3.64. The highest BCUT2D eigenvalue weighted by Gasteiger charge is 2.29. The van der Waals surface area contributed by atoms with Crippen molar-refractivity contribution in [2.75, 3.05) is 11.5 Å². The van der Waals surface area contributed by atoms with Gasteiger partial charge in [0.25, 0.3) is 0 Å². The largest absolute Gasteiger partial charge is 0.396 e. The minimum atomic E-state index is 0.228. The average molecular weight is 318 g/mol. The molecule has 0 radical (unpaired) electrons. The molecule has 1 aliphatic heterocycles. The number of rotatable bonds is 3. The van der Waals surface area contributed by atoms with Gasteiger partial charge in [0.2, 0.25) is 0 Å². The minimum absolute atomic E-state index is 0.228. The Morgan fingerprint density at radius 3 is 2.58 bits per heavy atom. The predicted molar refractivity (Wildman–Crippen MR) is 81.9 cm³/mol. The number of hydrogen-bond acceptors (Lipinski definition) is 2. The second kappa shape index (κ2) is 5.35. The number of halogens is 1. The molecular formula is C16H16BrNO. The molecular weight excluding hydrogens is 302 g/mol. The van der Waals surface area contributed by atoms with Crippen LogP contribution in [0.5, 0.6) is 0 Å². The number of aliphatic hydroxyl groups excluding tert-OH is 1. The van der Waals surface area contributed by atoms with Crippen molar-refractivity contribution in [1.82, 2.24) is 0 Å². The lowest BCUT2D eigenvalue weighted by atomic mass is 10.1. The van der Waals surface area contributed by atoms with E-state index in [0.717, 1.165) is 17.3 Å². The number of para-hydroxylation sites is 1. The zero-order valence-electron chi connectivity index (χ0n) is 10.6. The average Bonchev–Trinajstić information content (AvgIpc) is 2.78. The molecule has 0 bridgehead atoms. The fourth-order valence-corrected chi connectivity index (χ4v) is 3.06. The number of nitrogens with zero attached hydrogens (tertiary/aromatic N) is 1. The molecule has 19 heavy (non-hydrogen) atoms. The van der Waals surface area contributed by atoms with Crippen LogP contribution < -0.4 is 4.90 Å². The van der Waals surface area contributed by atoms with Gasteiger partial charge in [0.05, 0.1) is 0 Å². The Morgan fingerprint density at radius 1 is 1.11 bits per heavy atom. The standard InChI is InChI=1S/C16H16BrNO/c17-13-5-7-14(8-6-13)18-15(9-10-19)11-12-3-1-2-4-16(12)18/h1-8,15,19H,9-11H2. The van der Waals surface area contributed by atoms with Crippen LogP contribution in [0.25, 0.3) is 0 Å². The normalized spacial score (nSPS) is 17.6. The van der Waals surface area contributed by atoms with Gasteiger partial charge in [-0.25, -0.2) is 0 Å². The maximum atomic E-state index is 9.28. The fourth-order valence-electron chi connectivity index (χ4n) is 2.79. The van der Waals surface area contributed by atoms with Crippen LogP contribution in [-0.4, -0.2) is 17.8 Å². The summed E-state index contributed by atoms with van der Waals surface area (Å²) in [6.07, 6.45) is 1.80. The molecule has 0 amide bonds. The fraction of sp³-hybridized carbons (Fsp3) is 0.250. The van der Waals surface area contributed by atoms with Crippen LogP contribution in [0.4, 0.5) is 11.4 Å². The molecule has 0 saturated carbocycles. The molecule has 2 nitrogen and oxygen atoms in total. The molecule has 0 fully saturated rings. The first kappa shape index (κ1) is 12.7. The third kappa shape index (κ3) is 2.40. The van der Waals surface area contributed by atoms with Gasteiger partial charge < -0.3 is 10.0 Å².